The SMILES string of the molecule is CC(C)n1nc(-c2ccc(CC=O)c(F)c2)c2c(N)ncnc21. The van der Waals surface area contributed by atoms with E-state index in [0.29, 0.717) is 40.0 Å². The molecule has 2 aromatic heterocycles. The molecular weight excluding hydrogens is 297 g/mol. The lowest BCUT2D eigenvalue weighted by Crippen LogP contribution is -2.04. The highest BCUT2D eigenvalue weighted by molar-refractivity contribution is 5.98. The second-order valence-corrected chi connectivity index (χ2v) is 5.52. The van der Waals surface area contributed by atoms with Gasteiger partial charge in [-0.1, -0.05) is 12.1 Å². The highest BCUT2D eigenvalue weighted by Crippen LogP contribution is 2.32. The molecule has 0 bridgehead atoms. The molecule has 3 rings (SSSR count). The van der Waals surface area contributed by atoms with Crippen LogP contribution in [0.3, 0.4) is 0 Å². The van der Waals surface area contributed by atoms with Crippen LogP contribution >= 0.6 is 0 Å². The van der Waals surface area contributed by atoms with Gasteiger partial charge in [0.05, 0.1) is 5.39 Å². The largest absolute Gasteiger partial charge is 0.383 e. The summed E-state index contributed by atoms with van der Waals surface area (Å²) in [5.74, 6) is -0.147. The number of hydrogen-bond donors (Lipinski definition) is 1. The maximum Gasteiger partial charge on any atom is 0.164 e. The van der Waals surface area contributed by atoms with Crippen LogP contribution in [0.15, 0.2) is 24.5 Å². The van der Waals surface area contributed by atoms with E-state index < -0.39 is 5.82 Å². The van der Waals surface area contributed by atoms with Crippen molar-refractivity contribution in [3.63, 3.8) is 0 Å². The molecule has 0 atom stereocenters. The fraction of sp³-hybridized carbons (Fsp3) is 0.250. The van der Waals surface area contributed by atoms with E-state index in [4.69, 9.17) is 5.73 Å². The molecule has 7 heteroatoms. The van der Waals surface area contributed by atoms with E-state index >= 15 is 0 Å². The first-order valence-corrected chi connectivity index (χ1v) is 7.24. The number of aldehydes is 1. The molecule has 0 saturated heterocycles. The van der Waals surface area contributed by atoms with Crippen LogP contribution in [0.5, 0.6) is 0 Å². The maximum absolute atomic E-state index is 14.1. The van der Waals surface area contributed by atoms with Gasteiger partial charge in [-0.2, -0.15) is 5.10 Å². The van der Waals surface area contributed by atoms with Crippen molar-refractivity contribution < 1.29 is 9.18 Å². The van der Waals surface area contributed by atoms with Crippen molar-refractivity contribution in [3.05, 3.63) is 35.9 Å². The second-order valence-electron chi connectivity index (χ2n) is 5.52. The smallest absolute Gasteiger partial charge is 0.164 e. The monoisotopic (exact) mass is 313 g/mol. The minimum Gasteiger partial charge on any atom is -0.383 e. The number of aromatic nitrogens is 4. The summed E-state index contributed by atoms with van der Waals surface area (Å²) in [7, 11) is 0. The molecule has 0 aliphatic heterocycles. The maximum atomic E-state index is 14.1. The number of halogens is 1. The first-order valence-electron chi connectivity index (χ1n) is 7.24. The molecule has 23 heavy (non-hydrogen) atoms. The van der Waals surface area contributed by atoms with Gasteiger partial charge in [-0.3, -0.25) is 0 Å². The van der Waals surface area contributed by atoms with E-state index in [1.165, 1.54) is 12.4 Å². The number of nitrogens with zero attached hydrogens (tertiary/aromatic N) is 4. The summed E-state index contributed by atoms with van der Waals surface area (Å²) in [5.41, 5.74) is 8.04. The first-order chi connectivity index (χ1) is 11.0. The van der Waals surface area contributed by atoms with Crippen LogP contribution in [0.25, 0.3) is 22.3 Å². The van der Waals surface area contributed by atoms with Crippen LogP contribution in [0.4, 0.5) is 10.2 Å². The second kappa shape index (κ2) is 5.75. The topological polar surface area (TPSA) is 86.7 Å². The van der Waals surface area contributed by atoms with Crippen LogP contribution in [0.1, 0.15) is 25.5 Å². The van der Waals surface area contributed by atoms with Gasteiger partial charge in [-0.05, 0) is 25.5 Å². The van der Waals surface area contributed by atoms with Gasteiger partial charge in [-0.15, -0.1) is 0 Å². The van der Waals surface area contributed by atoms with Crippen LogP contribution in [-0.4, -0.2) is 26.0 Å². The van der Waals surface area contributed by atoms with E-state index in [-0.39, 0.29) is 12.5 Å². The minimum atomic E-state index is -0.447. The molecule has 0 radical (unpaired) electrons. The summed E-state index contributed by atoms with van der Waals surface area (Å²) < 4.78 is 15.9. The van der Waals surface area contributed by atoms with Crippen molar-refractivity contribution in [2.75, 3.05) is 5.73 Å². The number of nitrogen functional groups attached to an aromatic ring is 1. The lowest BCUT2D eigenvalue weighted by molar-refractivity contribution is -0.107. The molecule has 2 heterocycles. The summed E-state index contributed by atoms with van der Waals surface area (Å²) in [6.07, 6.45) is 2.10. The lowest BCUT2D eigenvalue weighted by Gasteiger charge is -2.05. The van der Waals surface area contributed by atoms with E-state index in [1.807, 2.05) is 13.8 Å². The first kappa shape index (κ1) is 15.1. The van der Waals surface area contributed by atoms with E-state index in [1.54, 1.807) is 16.8 Å². The summed E-state index contributed by atoms with van der Waals surface area (Å²) in [4.78, 5) is 18.8. The predicted octanol–water partition coefficient (Wildman–Crippen LogP) is 2.54. The molecule has 0 fully saturated rings. The van der Waals surface area contributed by atoms with Crippen molar-refractivity contribution in [3.8, 4) is 11.3 Å². The molecule has 1 aromatic carbocycles. The van der Waals surface area contributed by atoms with Gasteiger partial charge < -0.3 is 10.5 Å². The van der Waals surface area contributed by atoms with Crippen molar-refractivity contribution >= 4 is 23.1 Å². The summed E-state index contributed by atoms with van der Waals surface area (Å²) >= 11 is 0. The third kappa shape index (κ3) is 2.54. The number of benzene rings is 1. The van der Waals surface area contributed by atoms with Crippen LogP contribution in [0, 0.1) is 5.82 Å². The number of nitrogens with two attached hydrogens (primary N) is 1. The van der Waals surface area contributed by atoms with Crippen LogP contribution in [-0.2, 0) is 11.2 Å². The molecule has 0 spiro atoms. The number of carbonyl (C=O) groups is 1. The Labute approximate surface area is 132 Å². The van der Waals surface area contributed by atoms with Gasteiger partial charge in [0.15, 0.2) is 5.65 Å². The molecule has 0 saturated carbocycles. The van der Waals surface area contributed by atoms with Crippen molar-refractivity contribution in [1.82, 2.24) is 19.7 Å². The standard InChI is InChI=1S/C16H16FN5O/c1-9(2)22-16-13(15(18)19-8-20-16)14(21-22)11-4-3-10(5-6-23)12(17)7-11/h3-4,6-9H,5H2,1-2H3,(H2,18,19,20). The van der Waals surface area contributed by atoms with E-state index in [0.717, 1.165) is 0 Å². The zero-order valence-electron chi connectivity index (χ0n) is 12.8. The quantitative estimate of drug-likeness (QED) is 0.748. The zero-order chi connectivity index (χ0) is 16.6. The Morgan fingerprint density at radius 3 is 2.78 bits per heavy atom. The molecule has 6 nitrogen and oxygen atoms in total. The Hall–Kier alpha value is -2.83. The number of rotatable bonds is 4. The third-order valence-corrected chi connectivity index (χ3v) is 3.64. The van der Waals surface area contributed by atoms with Crippen LogP contribution in [0.2, 0.25) is 0 Å². The van der Waals surface area contributed by atoms with Crippen molar-refractivity contribution in [2.24, 2.45) is 0 Å². The zero-order valence-corrected chi connectivity index (χ0v) is 12.8. The number of carbonyl (C=O) groups excluding carboxylic acids is 1. The third-order valence-electron chi connectivity index (χ3n) is 3.64. The van der Waals surface area contributed by atoms with Gasteiger partial charge >= 0.3 is 0 Å². The normalized spacial score (nSPS) is 11.3. The Balaban J connectivity index is 2.24. The molecule has 3 aromatic rings. The number of anilines is 1. The number of hydrogen-bond acceptors (Lipinski definition) is 5. The Morgan fingerprint density at radius 1 is 1.35 bits per heavy atom. The molecule has 0 aliphatic rings. The summed E-state index contributed by atoms with van der Waals surface area (Å²) in [6.45, 7) is 3.95. The van der Waals surface area contributed by atoms with Gasteiger partial charge in [0.25, 0.3) is 0 Å². The molecule has 2 N–H and O–H groups in total. The fourth-order valence-corrected chi connectivity index (χ4v) is 2.51. The lowest BCUT2D eigenvalue weighted by atomic mass is 10.0. The van der Waals surface area contributed by atoms with Gasteiger partial charge in [0.2, 0.25) is 0 Å². The van der Waals surface area contributed by atoms with Crippen LogP contribution < -0.4 is 5.73 Å². The highest BCUT2D eigenvalue weighted by Gasteiger charge is 2.19. The molecular formula is C16H16FN5O. The minimum absolute atomic E-state index is 0.0402. The summed E-state index contributed by atoms with van der Waals surface area (Å²) in [6, 6.07) is 4.73. The molecule has 0 unspecified atom stereocenters. The highest BCUT2D eigenvalue weighted by atomic mass is 19.1. The summed E-state index contributed by atoms with van der Waals surface area (Å²) in [5, 5.41) is 5.14. The van der Waals surface area contributed by atoms with Gasteiger partial charge in [0.1, 0.15) is 29.9 Å². The predicted molar refractivity (Wildman–Crippen MR) is 85.3 cm³/mol. The van der Waals surface area contributed by atoms with E-state index in [9.17, 15) is 9.18 Å². The van der Waals surface area contributed by atoms with E-state index in [2.05, 4.69) is 15.1 Å². The van der Waals surface area contributed by atoms with Crippen molar-refractivity contribution in [2.45, 2.75) is 26.3 Å². The number of fused-ring (bicyclic) bond motifs is 1. The Morgan fingerprint density at radius 2 is 2.13 bits per heavy atom. The van der Waals surface area contributed by atoms with Crippen molar-refractivity contribution in [1.29, 1.82) is 0 Å². The average molecular weight is 313 g/mol. The average Bonchev–Trinajstić information content (AvgIpc) is 2.91. The Kier molecular flexibility index (Phi) is 3.77. The molecule has 0 aliphatic carbocycles. The Bertz CT molecular complexity index is 888. The molecule has 118 valence electrons. The fourth-order valence-electron chi connectivity index (χ4n) is 2.51. The van der Waals surface area contributed by atoms with Gasteiger partial charge in [0, 0.05) is 18.0 Å². The molecule has 0 amide bonds. The van der Waals surface area contributed by atoms with Gasteiger partial charge in [-0.25, -0.2) is 19.0 Å².